The van der Waals surface area contributed by atoms with Crippen LogP contribution < -0.4 is 5.73 Å². The van der Waals surface area contributed by atoms with Gasteiger partial charge in [0.2, 0.25) is 5.89 Å². The van der Waals surface area contributed by atoms with E-state index in [9.17, 15) is 9.90 Å². The Labute approximate surface area is 148 Å². The molecule has 6 heteroatoms. The number of aromatic carboxylic acids is 1. The van der Waals surface area contributed by atoms with E-state index in [4.69, 9.17) is 15.3 Å². The largest absolute Gasteiger partial charge is 0.506 e. The van der Waals surface area contributed by atoms with Crippen LogP contribution in [0.4, 0.5) is 5.69 Å². The second kappa shape index (κ2) is 5.93. The van der Waals surface area contributed by atoms with Gasteiger partial charge in [-0.1, -0.05) is 12.1 Å². The third kappa shape index (κ3) is 2.73. The number of aromatic hydroxyl groups is 1. The number of phenolic OH excluding ortho intramolecular Hbond substituents is 1. The summed E-state index contributed by atoms with van der Waals surface area (Å²) in [6.45, 7) is 0. The number of phenols is 1. The molecule has 0 unspecified atom stereocenters. The third-order valence-electron chi connectivity index (χ3n) is 4.13. The average Bonchev–Trinajstić information content (AvgIpc) is 3.07. The quantitative estimate of drug-likeness (QED) is 0.380. The lowest BCUT2D eigenvalue weighted by Crippen LogP contribution is -1.94. The van der Waals surface area contributed by atoms with Crippen molar-refractivity contribution in [2.45, 2.75) is 0 Å². The summed E-state index contributed by atoms with van der Waals surface area (Å²) in [5.41, 5.74) is 10.0. The number of hydrogen-bond acceptors (Lipinski definition) is 5. The van der Waals surface area contributed by atoms with E-state index in [0.29, 0.717) is 28.2 Å². The van der Waals surface area contributed by atoms with Gasteiger partial charge in [-0.2, -0.15) is 0 Å². The van der Waals surface area contributed by atoms with E-state index in [0.717, 1.165) is 11.1 Å². The number of nitrogens with zero attached hydrogens (tertiary/aromatic N) is 1. The Kier molecular flexibility index (Phi) is 3.58. The van der Waals surface area contributed by atoms with Crippen LogP contribution in [-0.2, 0) is 0 Å². The number of rotatable bonds is 3. The van der Waals surface area contributed by atoms with Crippen LogP contribution in [0.1, 0.15) is 10.4 Å². The predicted molar refractivity (Wildman–Crippen MR) is 97.9 cm³/mol. The van der Waals surface area contributed by atoms with Gasteiger partial charge in [0.25, 0.3) is 0 Å². The number of carbonyl (C=O) groups is 1. The van der Waals surface area contributed by atoms with Crippen molar-refractivity contribution < 1.29 is 19.4 Å². The Morgan fingerprint density at radius 3 is 2.27 bits per heavy atom. The maximum atomic E-state index is 10.9. The second-order valence-electron chi connectivity index (χ2n) is 5.86. The maximum Gasteiger partial charge on any atom is 0.335 e. The first-order valence-electron chi connectivity index (χ1n) is 7.84. The molecule has 0 amide bonds. The van der Waals surface area contributed by atoms with Crippen molar-refractivity contribution in [2.24, 2.45) is 0 Å². The highest BCUT2D eigenvalue weighted by Gasteiger charge is 2.11. The van der Waals surface area contributed by atoms with E-state index in [1.165, 1.54) is 12.1 Å². The van der Waals surface area contributed by atoms with E-state index in [-0.39, 0.29) is 11.3 Å². The van der Waals surface area contributed by atoms with Crippen molar-refractivity contribution in [1.29, 1.82) is 0 Å². The molecule has 0 spiro atoms. The Morgan fingerprint density at radius 1 is 0.923 bits per heavy atom. The van der Waals surface area contributed by atoms with E-state index in [1.54, 1.807) is 30.3 Å². The van der Waals surface area contributed by atoms with Gasteiger partial charge in [0.15, 0.2) is 5.58 Å². The van der Waals surface area contributed by atoms with Crippen molar-refractivity contribution >= 4 is 22.8 Å². The van der Waals surface area contributed by atoms with Crippen LogP contribution in [0.2, 0.25) is 0 Å². The van der Waals surface area contributed by atoms with E-state index >= 15 is 0 Å². The Bertz CT molecular complexity index is 1130. The standard InChI is InChI=1S/C20H14N2O4/c21-15-9-13(5-7-17(15)23)14-6-8-18-16(10-14)22-19(26-18)11-1-3-12(4-2-11)20(24)25/h1-10,23H,21H2,(H,24,25). The maximum absolute atomic E-state index is 10.9. The molecule has 26 heavy (non-hydrogen) atoms. The molecule has 0 atom stereocenters. The van der Waals surface area contributed by atoms with Gasteiger partial charge in [-0.25, -0.2) is 9.78 Å². The van der Waals surface area contributed by atoms with Crippen LogP contribution >= 0.6 is 0 Å². The van der Waals surface area contributed by atoms with Gasteiger partial charge in [-0.3, -0.25) is 0 Å². The fourth-order valence-corrected chi connectivity index (χ4v) is 2.72. The molecule has 0 saturated carbocycles. The van der Waals surface area contributed by atoms with Crippen LogP contribution in [0.5, 0.6) is 5.75 Å². The molecule has 0 saturated heterocycles. The molecule has 1 heterocycles. The summed E-state index contributed by atoms with van der Waals surface area (Å²) in [7, 11) is 0. The van der Waals surface area contributed by atoms with E-state index in [1.807, 2.05) is 18.2 Å². The number of carboxylic acids is 1. The zero-order valence-electron chi connectivity index (χ0n) is 13.5. The topological polar surface area (TPSA) is 110 Å². The number of hydrogen-bond donors (Lipinski definition) is 3. The molecule has 4 rings (SSSR count). The van der Waals surface area contributed by atoms with Crippen LogP contribution in [0.25, 0.3) is 33.7 Å². The lowest BCUT2D eigenvalue weighted by Gasteiger charge is -2.04. The minimum atomic E-state index is -0.980. The highest BCUT2D eigenvalue weighted by atomic mass is 16.4. The number of aromatic nitrogens is 1. The number of fused-ring (bicyclic) bond motifs is 1. The lowest BCUT2D eigenvalue weighted by molar-refractivity contribution is 0.0697. The third-order valence-corrected chi connectivity index (χ3v) is 4.13. The van der Waals surface area contributed by atoms with E-state index in [2.05, 4.69) is 4.98 Å². The number of carboxylic acid groups (broad SMARTS) is 1. The number of benzene rings is 3. The van der Waals surface area contributed by atoms with E-state index < -0.39 is 5.97 Å². The molecule has 0 fully saturated rings. The number of anilines is 1. The molecule has 0 aliphatic rings. The van der Waals surface area contributed by atoms with Gasteiger partial charge in [0, 0.05) is 5.56 Å². The minimum absolute atomic E-state index is 0.0448. The van der Waals surface area contributed by atoms with Gasteiger partial charge in [0.1, 0.15) is 11.3 Å². The van der Waals surface area contributed by atoms with Crippen molar-refractivity contribution in [1.82, 2.24) is 4.98 Å². The molecular weight excluding hydrogens is 332 g/mol. The highest BCUT2D eigenvalue weighted by Crippen LogP contribution is 2.31. The molecule has 4 N–H and O–H groups in total. The molecule has 1 aromatic heterocycles. The summed E-state index contributed by atoms with van der Waals surface area (Å²) in [6.07, 6.45) is 0. The molecule has 0 aliphatic heterocycles. The Balaban J connectivity index is 1.73. The van der Waals surface area contributed by atoms with Crippen LogP contribution in [-0.4, -0.2) is 21.2 Å². The zero-order chi connectivity index (χ0) is 18.3. The summed E-state index contributed by atoms with van der Waals surface area (Å²) in [5.74, 6) is -0.519. The summed E-state index contributed by atoms with van der Waals surface area (Å²) in [5, 5.41) is 18.5. The second-order valence-corrected chi connectivity index (χ2v) is 5.86. The lowest BCUT2D eigenvalue weighted by atomic mass is 10.0. The van der Waals surface area contributed by atoms with Gasteiger partial charge >= 0.3 is 5.97 Å². The van der Waals surface area contributed by atoms with Gasteiger partial charge in [0.05, 0.1) is 11.3 Å². The van der Waals surface area contributed by atoms with Crippen molar-refractivity contribution in [3.63, 3.8) is 0 Å². The van der Waals surface area contributed by atoms with Crippen molar-refractivity contribution in [2.75, 3.05) is 5.73 Å². The molecule has 0 aliphatic carbocycles. The Hall–Kier alpha value is -3.80. The SMILES string of the molecule is Nc1cc(-c2ccc3oc(-c4ccc(C(=O)O)cc4)nc3c2)ccc1O. The smallest absolute Gasteiger partial charge is 0.335 e. The normalized spacial score (nSPS) is 10.9. The summed E-state index contributed by atoms with van der Waals surface area (Å²) in [4.78, 5) is 15.4. The predicted octanol–water partition coefficient (Wildman–Crippen LogP) is 4.15. The summed E-state index contributed by atoms with van der Waals surface area (Å²) in [6, 6.07) is 16.9. The summed E-state index contributed by atoms with van der Waals surface area (Å²) >= 11 is 0. The van der Waals surface area contributed by atoms with Gasteiger partial charge < -0.3 is 20.4 Å². The molecule has 4 aromatic rings. The van der Waals surface area contributed by atoms with Crippen LogP contribution in [0, 0.1) is 0 Å². The minimum Gasteiger partial charge on any atom is -0.506 e. The van der Waals surface area contributed by atoms with Gasteiger partial charge in [-0.15, -0.1) is 0 Å². The molecule has 3 aromatic carbocycles. The molecule has 0 radical (unpaired) electrons. The molecule has 6 nitrogen and oxygen atoms in total. The first-order chi connectivity index (χ1) is 12.5. The molecule has 0 bridgehead atoms. The number of nitrogens with two attached hydrogens (primary N) is 1. The average molecular weight is 346 g/mol. The van der Waals surface area contributed by atoms with Crippen LogP contribution in [0.3, 0.4) is 0 Å². The van der Waals surface area contributed by atoms with Crippen molar-refractivity contribution in [3.05, 3.63) is 66.2 Å². The fourth-order valence-electron chi connectivity index (χ4n) is 2.72. The zero-order valence-corrected chi connectivity index (χ0v) is 13.5. The monoisotopic (exact) mass is 346 g/mol. The van der Waals surface area contributed by atoms with Crippen molar-refractivity contribution in [3.8, 4) is 28.3 Å². The Morgan fingerprint density at radius 2 is 1.58 bits per heavy atom. The number of oxazole rings is 1. The highest BCUT2D eigenvalue weighted by molar-refractivity contribution is 5.88. The van der Waals surface area contributed by atoms with Crippen LogP contribution in [0.15, 0.2) is 65.1 Å². The first kappa shape index (κ1) is 15.7. The molecule has 128 valence electrons. The first-order valence-corrected chi connectivity index (χ1v) is 7.84. The van der Waals surface area contributed by atoms with Gasteiger partial charge in [-0.05, 0) is 59.7 Å². The molecular formula is C20H14N2O4. The fraction of sp³-hybridized carbons (Fsp3) is 0. The number of nitrogen functional groups attached to an aromatic ring is 1. The summed E-state index contributed by atoms with van der Waals surface area (Å²) < 4.78 is 5.76.